The Labute approximate surface area is 122 Å². The summed E-state index contributed by atoms with van der Waals surface area (Å²) in [4.78, 5) is 0.361. The maximum atomic E-state index is 6.25. The van der Waals surface area contributed by atoms with E-state index in [1.165, 1.54) is 10.9 Å². The molecule has 0 aromatic heterocycles. The molecule has 0 saturated carbocycles. The molecular formula is C16H18BrCl. The van der Waals surface area contributed by atoms with Crippen molar-refractivity contribution in [2.45, 2.75) is 32.0 Å². The van der Waals surface area contributed by atoms with Gasteiger partial charge in [0, 0.05) is 15.2 Å². The van der Waals surface area contributed by atoms with E-state index in [2.05, 4.69) is 61.0 Å². The second kappa shape index (κ2) is 5.22. The molecule has 0 heterocycles. The summed E-state index contributed by atoms with van der Waals surface area (Å²) in [5.41, 5.74) is 1.62. The maximum absolute atomic E-state index is 6.25. The summed E-state index contributed by atoms with van der Waals surface area (Å²) in [6, 6.07) is 12.5. The van der Waals surface area contributed by atoms with E-state index in [9.17, 15) is 0 Å². The molecule has 1 unspecified atom stereocenters. The highest BCUT2D eigenvalue weighted by Gasteiger charge is 2.19. The summed E-state index contributed by atoms with van der Waals surface area (Å²) >= 11 is 10.1. The van der Waals surface area contributed by atoms with Crippen LogP contribution in [0.5, 0.6) is 0 Å². The average molecular weight is 326 g/mol. The lowest BCUT2D eigenvalue weighted by Gasteiger charge is -2.23. The highest BCUT2D eigenvalue weighted by molar-refractivity contribution is 9.09. The largest absolute Gasteiger partial charge is 0.0838 e. The number of rotatable bonds is 2. The molecule has 0 spiro atoms. The van der Waals surface area contributed by atoms with Crippen LogP contribution in [0, 0.1) is 5.41 Å². The van der Waals surface area contributed by atoms with Crippen molar-refractivity contribution in [1.29, 1.82) is 0 Å². The van der Waals surface area contributed by atoms with Gasteiger partial charge in [0.2, 0.25) is 0 Å². The number of hydrogen-bond donors (Lipinski definition) is 0. The van der Waals surface area contributed by atoms with Crippen molar-refractivity contribution in [2.24, 2.45) is 5.41 Å². The van der Waals surface area contributed by atoms with E-state index >= 15 is 0 Å². The Balaban J connectivity index is 2.49. The predicted octanol–water partition coefficient (Wildman–Crippen LogP) is 6.37. The normalized spacial score (nSPS) is 13.8. The Morgan fingerprint density at radius 1 is 1.06 bits per heavy atom. The van der Waals surface area contributed by atoms with Gasteiger partial charge in [-0.1, -0.05) is 78.6 Å². The molecule has 2 rings (SSSR count). The molecule has 2 heteroatoms. The zero-order chi connectivity index (χ0) is 13.3. The van der Waals surface area contributed by atoms with E-state index in [-0.39, 0.29) is 0 Å². The Bertz CT molecular complexity index is 555. The fraction of sp³-hybridized carbons (Fsp3) is 0.375. The Morgan fingerprint density at radius 2 is 1.67 bits per heavy atom. The zero-order valence-electron chi connectivity index (χ0n) is 11.0. The zero-order valence-corrected chi connectivity index (χ0v) is 13.3. The van der Waals surface area contributed by atoms with Crippen LogP contribution in [0.1, 0.15) is 37.6 Å². The maximum Gasteiger partial charge on any atom is 0.0484 e. The van der Waals surface area contributed by atoms with Crippen LogP contribution in [-0.4, -0.2) is 0 Å². The van der Waals surface area contributed by atoms with Crippen LogP contribution in [0.25, 0.3) is 10.8 Å². The van der Waals surface area contributed by atoms with Gasteiger partial charge in [0.1, 0.15) is 0 Å². The first-order valence-corrected chi connectivity index (χ1v) is 7.49. The molecule has 0 aliphatic heterocycles. The molecular weight excluding hydrogens is 308 g/mol. The number of halogens is 2. The summed E-state index contributed by atoms with van der Waals surface area (Å²) in [5, 5.41) is 3.20. The minimum atomic E-state index is 0.301. The third-order valence-corrected chi connectivity index (χ3v) is 4.18. The summed E-state index contributed by atoms with van der Waals surface area (Å²) < 4.78 is 0. The van der Waals surface area contributed by atoms with E-state index < -0.39 is 0 Å². The Kier molecular flexibility index (Phi) is 4.03. The van der Waals surface area contributed by atoms with E-state index in [1.54, 1.807) is 0 Å². The van der Waals surface area contributed by atoms with Crippen LogP contribution < -0.4 is 0 Å². The van der Waals surface area contributed by atoms with Gasteiger partial charge in [-0.25, -0.2) is 0 Å². The van der Waals surface area contributed by atoms with Crippen molar-refractivity contribution in [1.82, 2.24) is 0 Å². The van der Waals surface area contributed by atoms with E-state index in [0.29, 0.717) is 10.2 Å². The summed E-state index contributed by atoms with van der Waals surface area (Å²) in [6.07, 6.45) is 1.10. The van der Waals surface area contributed by atoms with Crippen LogP contribution in [-0.2, 0) is 0 Å². The molecule has 96 valence electrons. The van der Waals surface area contributed by atoms with Gasteiger partial charge in [-0.3, -0.25) is 0 Å². The highest BCUT2D eigenvalue weighted by Crippen LogP contribution is 2.39. The average Bonchev–Trinajstić information content (AvgIpc) is 2.27. The molecule has 2 aromatic carbocycles. The standard InChI is InChI=1S/C16H18BrCl/c1-16(2,3)10-14(17)12-8-9-15(18)13-7-5-4-6-11(12)13/h4-9,14H,10H2,1-3H3. The summed E-state index contributed by atoms with van der Waals surface area (Å²) in [6.45, 7) is 6.79. The lowest BCUT2D eigenvalue weighted by atomic mass is 9.87. The van der Waals surface area contributed by atoms with Crippen molar-refractivity contribution >= 4 is 38.3 Å². The van der Waals surface area contributed by atoms with Gasteiger partial charge in [-0.15, -0.1) is 0 Å². The van der Waals surface area contributed by atoms with Gasteiger partial charge in [0.05, 0.1) is 0 Å². The Hall–Kier alpha value is -0.530. The van der Waals surface area contributed by atoms with Crippen molar-refractivity contribution < 1.29 is 0 Å². The van der Waals surface area contributed by atoms with Crippen molar-refractivity contribution in [2.75, 3.05) is 0 Å². The monoisotopic (exact) mass is 324 g/mol. The van der Waals surface area contributed by atoms with Crippen molar-refractivity contribution in [3.05, 3.63) is 47.0 Å². The van der Waals surface area contributed by atoms with Crippen LogP contribution >= 0.6 is 27.5 Å². The van der Waals surface area contributed by atoms with Gasteiger partial charge in [0.15, 0.2) is 0 Å². The SMILES string of the molecule is CC(C)(C)CC(Br)c1ccc(Cl)c2ccccc12. The first-order valence-electron chi connectivity index (χ1n) is 6.20. The fourth-order valence-electron chi connectivity index (χ4n) is 2.21. The number of benzene rings is 2. The lowest BCUT2D eigenvalue weighted by Crippen LogP contribution is -2.08. The third kappa shape index (κ3) is 3.07. The highest BCUT2D eigenvalue weighted by atomic mass is 79.9. The topological polar surface area (TPSA) is 0 Å². The second-order valence-corrected chi connectivity index (χ2v) is 7.43. The molecule has 0 bridgehead atoms. The van der Waals surface area contributed by atoms with Gasteiger partial charge in [-0.05, 0) is 28.9 Å². The van der Waals surface area contributed by atoms with Crippen molar-refractivity contribution in [3.63, 3.8) is 0 Å². The van der Waals surface area contributed by atoms with Crippen LogP contribution in [0.3, 0.4) is 0 Å². The number of fused-ring (bicyclic) bond motifs is 1. The first-order chi connectivity index (χ1) is 8.38. The summed E-state index contributed by atoms with van der Waals surface area (Å²) in [5.74, 6) is 0. The molecule has 0 nitrogen and oxygen atoms in total. The molecule has 0 fully saturated rings. The van der Waals surface area contributed by atoms with Crippen LogP contribution in [0.4, 0.5) is 0 Å². The number of alkyl halides is 1. The predicted molar refractivity (Wildman–Crippen MR) is 84.7 cm³/mol. The Morgan fingerprint density at radius 3 is 2.28 bits per heavy atom. The van der Waals surface area contributed by atoms with Crippen LogP contribution in [0.15, 0.2) is 36.4 Å². The molecule has 0 saturated heterocycles. The van der Waals surface area contributed by atoms with Gasteiger partial charge in [-0.2, -0.15) is 0 Å². The van der Waals surface area contributed by atoms with Gasteiger partial charge in [0.25, 0.3) is 0 Å². The molecule has 0 aliphatic rings. The van der Waals surface area contributed by atoms with Crippen LogP contribution in [0.2, 0.25) is 5.02 Å². The number of hydrogen-bond acceptors (Lipinski definition) is 0. The van der Waals surface area contributed by atoms with E-state index in [1.807, 2.05) is 12.1 Å². The molecule has 0 aliphatic carbocycles. The lowest BCUT2D eigenvalue weighted by molar-refractivity contribution is 0.377. The van der Waals surface area contributed by atoms with Gasteiger partial charge < -0.3 is 0 Å². The minimum Gasteiger partial charge on any atom is -0.0838 e. The molecule has 0 radical (unpaired) electrons. The van der Waals surface area contributed by atoms with E-state index in [0.717, 1.165) is 16.8 Å². The minimum absolute atomic E-state index is 0.301. The van der Waals surface area contributed by atoms with E-state index in [4.69, 9.17) is 11.6 Å². The molecule has 2 aromatic rings. The molecule has 18 heavy (non-hydrogen) atoms. The third-order valence-electron chi connectivity index (χ3n) is 3.03. The quantitative estimate of drug-likeness (QED) is 0.563. The summed E-state index contributed by atoms with van der Waals surface area (Å²) in [7, 11) is 0. The van der Waals surface area contributed by atoms with Crippen molar-refractivity contribution in [3.8, 4) is 0 Å². The first kappa shape index (κ1) is 13.9. The molecule has 0 N–H and O–H groups in total. The molecule has 0 amide bonds. The molecule has 1 atom stereocenters. The fourth-order valence-corrected chi connectivity index (χ4v) is 3.80. The van der Waals surface area contributed by atoms with Gasteiger partial charge >= 0.3 is 0 Å². The smallest absolute Gasteiger partial charge is 0.0484 e. The second-order valence-electron chi connectivity index (χ2n) is 5.91.